The highest BCUT2D eigenvalue weighted by molar-refractivity contribution is 4.99. The van der Waals surface area contributed by atoms with Crippen LogP contribution in [-0.2, 0) is 0 Å². The zero-order valence-corrected chi connectivity index (χ0v) is 6.83. The van der Waals surface area contributed by atoms with Gasteiger partial charge in [0.25, 0.3) is 0 Å². The fraction of sp³-hybridized carbons (Fsp3) is 0.625. The Morgan fingerprint density at radius 3 is 2.80 bits per heavy atom. The predicted octanol–water partition coefficient (Wildman–Crippen LogP) is 2.16. The highest BCUT2D eigenvalue weighted by atomic mass is 15.3. The van der Waals surface area contributed by atoms with Gasteiger partial charge in [-0.25, -0.2) is 0 Å². The van der Waals surface area contributed by atoms with E-state index in [0.717, 1.165) is 6.42 Å². The summed E-state index contributed by atoms with van der Waals surface area (Å²) in [6, 6.07) is 0.536. The fourth-order valence-corrected chi connectivity index (χ4v) is 0.861. The number of hydrogen-bond acceptors (Lipinski definition) is 1. The SMILES string of the molecule is CC[C@H](C)n1cc(C)cn1. The lowest BCUT2D eigenvalue weighted by Crippen LogP contribution is -2.03. The van der Waals surface area contributed by atoms with Crippen LogP contribution in [-0.4, -0.2) is 9.78 Å². The van der Waals surface area contributed by atoms with E-state index in [-0.39, 0.29) is 0 Å². The van der Waals surface area contributed by atoms with Gasteiger partial charge in [0.05, 0.1) is 6.20 Å². The van der Waals surface area contributed by atoms with Gasteiger partial charge in [-0.1, -0.05) is 6.92 Å². The van der Waals surface area contributed by atoms with E-state index in [0.29, 0.717) is 6.04 Å². The molecule has 0 saturated heterocycles. The molecule has 1 aromatic rings. The number of hydrogen-bond donors (Lipinski definition) is 0. The van der Waals surface area contributed by atoms with Gasteiger partial charge >= 0.3 is 0 Å². The van der Waals surface area contributed by atoms with Crippen LogP contribution >= 0.6 is 0 Å². The topological polar surface area (TPSA) is 17.8 Å². The molecule has 0 fully saturated rings. The summed E-state index contributed by atoms with van der Waals surface area (Å²) in [7, 11) is 0. The molecule has 0 aliphatic heterocycles. The van der Waals surface area contributed by atoms with Crippen LogP contribution in [0.15, 0.2) is 12.4 Å². The molecule has 0 aliphatic rings. The Labute approximate surface area is 61.9 Å². The maximum Gasteiger partial charge on any atom is 0.0519 e. The summed E-state index contributed by atoms with van der Waals surface area (Å²) in [5.74, 6) is 0. The molecule has 0 aromatic carbocycles. The summed E-state index contributed by atoms with van der Waals surface area (Å²) in [6.45, 7) is 6.40. The van der Waals surface area contributed by atoms with Crippen LogP contribution in [0.3, 0.4) is 0 Å². The Hall–Kier alpha value is -0.790. The molecule has 0 N–H and O–H groups in total. The third kappa shape index (κ3) is 1.38. The second-order valence-corrected chi connectivity index (χ2v) is 2.75. The number of aryl methyl sites for hydroxylation is 1. The second-order valence-electron chi connectivity index (χ2n) is 2.75. The summed E-state index contributed by atoms with van der Waals surface area (Å²) in [6.07, 6.45) is 5.11. The third-order valence-electron chi connectivity index (χ3n) is 1.77. The molecule has 0 amide bonds. The summed E-state index contributed by atoms with van der Waals surface area (Å²) in [4.78, 5) is 0. The normalized spacial score (nSPS) is 13.5. The van der Waals surface area contributed by atoms with Crippen molar-refractivity contribution in [2.45, 2.75) is 33.2 Å². The maximum atomic E-state index is 4.20. The van der Waals surface area contributed by atoms with Crippen LogP contribution < -0.4 is 0 Å². The molecule has 0 radical (unpaired) electrons. The molecule has 1 aromatic heterocycles. The van der Waals surface area contributed by atoms with Crippen molar-refractivity contribution in [1.82, 2.24) is 9.78 Å². The smallest absolute Gasteiger partial charge is 0.0519 e. The van der Waals surface area contributed by atoms with E-state index in [1.807, 2.05) is 10.9 Å². The fourth-order valence-electron chi connectivity index (χ4n) is 0.861. The molecule has 0 unspecified atom stereocenters. The maximum absolute atomic E-state index is 4.20. The van der Waals surface area contributed by atoms with Crippen molar-refractivity contribution in [3.63, 3.8) is 0 Å². The van der Waals surface area contributed by atoms with E-state index in [9.17, 15) is 0 Å². The average Bonchev–Trinajstić information content (AvgIpc) is 2.34. The van der Waals surface area contributed by atoms with Gasteiger partial charge in [-0.15, -0.1) is 0 Å². The zero-order chi connectivity index (χ0) is 7.56. The Balaban J connectivity index is 2.74. The first-order valence-corrected chi connectivity index (χ1v) is 3.74. The molecule has 1 rings (SSSR count). The summed E-state index contributed by atoms with van der Waals surface area (Å²) in [5, 5.41) is 4.20. The number of aromatic nitrogens is 2. The van der Waals surface area contributed by atoms with Gasteiger partial charge in [-0.05, 0) is 25.8 Å². The van der Waals surface area contributed by atoms with Crippen molar-refractivity contribution >= 4 is 0 Å². The van der Waals surface area contributed by atoms with Gasteiger partial charge in [0.2, 0.25) is 0 Å². The monoisotopic (exact) mass is 138 g/mol. The zero-order valence-electron chi connectivity index (χ0n) is 6.83. The number of rotatable bonds is 2. The molecule has 2 heteroatoms. The quantitative estimate of drug-likeness (QED) is 0.612. The summed E-state index contributed by atoms with van der Waals surface area (Å²) < 4.78 is 2.01. The molecule has 1 atom stereocenters. The van der Waals surface area contributed by atoms with Crippen LogP contribution in [0.5, 0.6) is 0 Å². The Bertz CT molecular complexity index is 203. The lowest BCUT2D eigenvalue weighted by Gasteiger charge is -2.07. The molecule has 56 valence electrons. The lowest BCUT2D eigenvalue weighted by molar-refractivity contribution is 0.477. The largest absolute Gasteiger partial charge is 0.270 e. The molecule has 0 saturated carbocycles. The molecule has 2 nitrogen and oxygen atoms in total. The first kappa shape index (κ1) is 7.32. The first-order chi connectivity index (χ1) is 4.74. The van der Waals surface area contributed by atoms with Crippen LogP contribution in [0.2, 0.25) is 0 Å². The van der Waals surface area contributed by atoms with E-state index in [4.69, 9.17) is 0 Å². The van der Waals surface area contributed by atoms with Crippen molar-refractivity contribution in [3.05, 3.63) is 18.0 Å². The van der Waals surface area contributed by atoms with Crippen LogP contribution in [0.1, 0.15) is 31.9 Å². The highest BCUT2D eigenvalue weighted by Crippen LogP contribution is 2.08. The third-order valence-corrected chi connectivity index (χ3v) is 1.77. The van der Waals surface area contributed by atoms with E-state index in [1.54, 1.807) is 0 Å². The molecule has 0 spiro atoms. The van der Waals surface area contributed by atoms with Gasteiger partial charge in [0, 0.05) is 12.2 Å². The first-order valence-electron chi connectivity index (χ1n) is 3.74. The van der Waals surface area contributed by atoms with Crippen molar-refractivity contribution < 1.29 is 0 Å². The van der Waals surface area contributed by atoms with Gasteiger partial charge in [-0.2, -0.15) is 5.10 Å². The van der Waals surface area contributed by atoms with Crippen LogP contribution in [0.25, 0.3) is 0 Å². The molecule has 10 heavy (non-hydrogen) atoms. The minimum absolute atomic E-state index is 0.536. The number of nitrogens with zero attached hydrogens (tertiary/aromatic N) is 2. The molecular formula is C8H14N2. The van der Waals surface area contributed by atoms with Gasteiger partial charge in [0.1, 0.15) is 0 Å². The molecule has 1 heterocycles. The molecular weight excluding hydrogens is 124 g/mol. The minimum Gasteiger partial charge on any atom is -0.270 e. The Morgan fingerprint density at radius 1 is 1.70 bits per heavy atom. The summed E-state index contributed by atoms with van der Waals surface area (Å²) >= 11 is 0. The van der Waals surface area contributed by atoms with Gasteiger partial charge in [-0.3, -0.25) is 4.68 Å². The van der Waals surface area contributed by atoms with Crippen LogP contribution in [0, 0.1) is 6.92 Å². The van der Waals surface area contributed by atoms with E-state index in [2.05, 4.69) is 32.1 Å². The lowest BCUT2D eigenvalue weighted by atomic mass is 10.3. The molecule has 0 bridgehead atoms. The summed E-state index contributed by atoms with van der Waals surface area (Å²) in [5.41, 5.74) is 1.24. The minimum atomic E-state index is 0.536. The van der Waals surface area contributed by atoms with Crippen LogP contribution in [0.4, 0.5) is 0 Å². The Kier molecular flexibility index (Phi) is 2.10. The van der Waals surface area contributed by atoms with Crippen molar-refractivity contribution in [2.75, 3.05) is 0 Å². The van der Waals surface area contributed by atoms with Crippen molar-refractivity contribution in [3.8, 4) is 0 Å². The Morgan fingerprint density at radius 2 is 2.40 bits per heavy atom. The highest BCUT2D eigenvalue weighted by Gasteiger charge is 2.00. The van der Waals surface area contributed by atoms with E-state index >= 15 is 0 Å². The standard InChI is InChI=1S/C8H14N2/c1-4-8(3)10-6-7(2)5-9-10/h5-6,8H,4H2,1-3H3/t8-/m0/s1. The van der Waals surface area contributed by atoms with Gasteiger partial charge in [0.15, 0.2) is 0 Å². The second kappa shape index (κ2) is 2.86. The average molecular weight is 138 g/mol. The predicted molar refractivity (Wildman–Crippen MR) is 42.0 cm³/mol. The van der Waals surface area contributed by atoms with Crippen molar-refractivity contribution in [1.29, 1.82) is 0 Å². The van der Waals surface area contributed by atoms with Crippen molar-refractivity contribution in [2.24, 2.45) is 0 Å². The molecule has 0 aliphatic carbocycles. The van der Waals surface area contributed by atoms with Gasteiger partial charge < -0.3 is 0 Å². The van der Waals surface area contributed by atoms with E-state index in [1.165, 1.54) is 5.56 Å². The van der Waals surface area contributed by atoms with E-state index < -0.39 is 0 Å².